The van der Waals surface area contributed by atoms with Crippen molar-refractivity contribution in [3.05, 3.63) is 12.1 Å². The lowest BCUT2D eigenvalue weighted by Gasteiger charge is -2.18. The van der Waals surface area contributed by atoms with E-state index < -0.39 is 0 Å². The van der Waals surface area contributed by atoms with Gasteiger partial charge in [-0.25, -0.2) is 4.98 Å². The molecule has 5 nitrogen and oxygen atoms in total. The fraction of sp³-hybridized carbons (Fsp3) is 0.273. The van der Waals surface area contributed by atoms with E-state index in [9.17, 15) is 4.79 Å². The zero-order chi connectivity index (χ0) is 11.4. The van der Waals surface area contributed by atoms with E-state index in [1.165, 1.54) is 11.8 Å². The molecule has 86 valence electrons. The number of thioether (sulfide) groups is 1. The van der Waals surface area contributed by atoms with Crippen molar-refractivity contribution in [3.63, 3.8) is 0 Å². The van der Waals surface area contributed by atoms with E-state index in [4.69, 9.17) is 9.47 Å². The van der Waals surface area contributed by atoms with Gasteiger partial charge >= 0.3 is 0 Å². The van der Waals surface area contributed by atoms with Gasteiger partial charge in [0.2, 0.25) is 5.91 Å². The molecule has 2 aliphatic heterocycles. The van der Waals surface area contributed by atoms with E-state index in [2.05, 4.69) is 4.98 Å². The van der Waals surface area contributed by atoms with Crippen molar-refractivity contribution in [1.82, 2.24) is 9.55 Å². The van der Waals surface area contributed by atoms with E-state index in [0.29, 0.717) is 30.5 Å². The molecule has 0 N–H and O–H groups in total. The summed E-state index contributed by atoms with van der Waals surface area (Å²) < 4.78 is 12.7. The second kappa shape index (κ2) is 3.16. The molecule has 1 aromatic heterocycles. The molecule has 0 fully saturated rings. The van der Waals surface area contributed by atoms with Crippen molar-refractivity contribution >= 4 is 28.7 Å². The fourth-order valence-corrected chi connectivity index (χ4v) is 2.99. The van der Waals surface area contributed by atoms with E-state index in [1.54, 1.807) is 4.57 Å². The SMILES string of the molecule is O=C1CSc2nc3cc4c(cc3n21)OCCO4. The number of ether oxygens (including phenoxy) is 2. The molecule has 17 heavy (non-hydrogen) atoms. The van der Waals surface area contributed by atoms with Crippen LogP contribution in [0.1, 0.15) is 4.79 Å². The van der Waals surface area contributed by atoms with Crippen LogP contribution in [-0.2, 0) is 0 Å². The average molecular weight is 248 g/mol. The van der Waals surface area contributed by atoms with Crippen LogP contribution in [0.4, 0.5) is 0 Å². The monoisotopic (exact) mass is 248 g/mol. The average Bonchev–Trinajstić information content (AvgIpc) is 2.87. The normalized spacial score (nSPS) is 17.5. The van der Waals surface area contributed by atoms with Gasteiger partial charge in [-0.3, -0.25) is 9.36 Å². The second-order valence-corrected chi connectivity index (χ2v) is 4.84. The van der Waals surface area contributed by atoms with Gasteiger partial charge in [0, 0.05) is 12.1 Å². The Kier molecular flexibility index (Phi) is 1.74. The third-order valence-electron chi connectivity index (χ3n) is 2.86. The number of fused-ring (bicyclic) bond motifs is 4. The van der Waals surface area contributed by atoms with Gasteiger partial charge in [0.1, 0.15) is 13.2 Å². The molecule has 0 amide bonds. The van der Waals surface area contributed by atoms with Crippen LogP contribution in [0, 0.1) is 0 Å². The first-order chi connectivity index (χ1) is 8.33. The highest BCUT2D eigenvalue weighted by Gasteiger charge is 2.26. The Morgan fingerprint density at radius 1 is 1.24 bits per heavy atom. The highest BCUT2D eigenvalue weighted by molar-refractivity contribution is 8.00. The smallest absolute Gasteiger partial charge is 0.243 e. The van der Waals surface area contributed by atoms with Gasteiger partial charge in [0.05, 0.1) is 16.8 Å². The number of imidazole rings is 1. The lowest BCUT2D eigenvalue weighted by Crippen LogP contribution is -2.15. The first-order valence-corrected chi connectivity index (χ1v) is 6.29. The molecule has 2 aromatic rings. The van der Waals surface area contributed by atoms with Gasteiger partial charge in [-0.05, 0) is 0 Å². The molecule has 6 heteroatoms. The van der Waals surface area contributed by atoms with E-state index >= 15 is 0 Å². The number of benzene rings is 1. The minimum absolute atomic E-state index is 0.0733. The number of carbonyl (C=O) groups is 1. The van der Waals surface area contributed by atoms with Gasteiger partial charge in [0.15, 0.2) is 16.7 Å². The molecule has 0 atom stereocenters. The summed E-state index contributed by atoms with van der Waals surface area (Å²) in [5, 5.41) is 0.757. The molecule has 2 aliphatic rings. The summed E-state index contributed by atoms with van der Waals surface area (Å²) >= 11 is 1.46. The topological polar surface area (TPSA) is 53.4 Å². The highest BCUT2D eigenvalue weighted by Crippen LogP contribution is 2.37. The first-order valence-electron chi connectivity index (χ1n) is 5.31. The third kappa shape index (κ3) is 1.21. The summed E-state index contributed by atoms with van der Waals surface area (Å²) in [5.41, 5.74) is 1.59. The van der Waals surface area contributed by atoms with Gasteiger partial charge < -0.3 is 9.47 Å². The first kappa shape index (κ1) is 9.35. The molecule has 4 rings (SSSR count). The predicted octanol–water partition coefficient (Wildman–Crippen LogP) is 1.55. The Morgan fingerprint density at radius 3 is 2.82 bits per heavy atom. The predicted molar refractivity (Wildman–Crippen MR) is 62.1 cm³/mol. The maximum Gasteiger partial charge on any atom is 0.243 e. The summed E-state index contributed by atoms with van der Waals surface area (Å²) in [7, 11) is 0. The molecule has 0 aliphatic carbocycles. The summed E-state index contributed by atoms with van der Waals surface area (Å²) in [6.07, 6.45) is 0. The Morgan fingerprint density at radius 2 is 2.00 bits per heavy atom. The standard InChI is InChI=1S/C11H8N2O3S/c14-10-5-17-11-12-6-3-8-9(16-2-1-15-8)4-7(6)13(10)11/h3-4H,1-2,5H2. The Hall–Kier alpha value is -1.69. The Balaban J connectivity index is 2.03. The molecule has 0 radical (unpaired) electrons. The van der Waals surface area contributed by atoms with Crippen molar-refractivity contribution in [2.45, 2.75) is 5.16 Å². The van der Waals surface area contributed by atoms with Crippen LogP contribution in [0.25, 0.3) is 11.0 Å². The quantitative estimate of drug-likeness (QED) is 0.708. The Labute approximate surface area is 101 Å². The summed E-state index contributed by atoms with van der Waals surface area (Å²) in [6, 6.07) is 3.67. The molecule has 3 heterocycles. The van der Waals surface area contributed by atoms with Crippen LogP contribution < -0.4 is 9.47 Å². The van der Waals surface area contributed by atoms with Gasteiger partial charge in [-0.2, -0.15) is 0 Å². The number of carbonyl (C=O) groups excluding carboxylic acids is 1. The van der Waals surface area contributed by atoms with E-state index in [-0.39, 0.29) is 5.91 Å². The van der Waals surface area contributed by atoms with E-state index in [0.717, 1.165) is 16.2 Å². The van der Waals surface area contributed by atoms with Crippen LogP contribution >= 0.6 is 11.8 Å². The number of aromatic nitrogens is 2. The van der Waals surface area contributed by atoms with Gasteiger partial charge in [-0.15, -0.1) is 0 Å². The van der Waals surface area contributed by atoms with Crippen molar-refractivity contribution in [2.75, 3.05) is 19.0 Å². The molecule has 0 spiro atoms. The number of rotatable bonds is 0. The highest BCUT2D eigenvalue weighted by atomic mass is 32.2. The van der Waals surface area contributed by atoms with Gasteiger partial charge in [-0.1, -0.05) is 11.8 Å². The zero-order valence-corrected chi connectivity index (χ0v) is 9.62. The van der Waals surface area contributed by atoms with Crippen LogP contribution in [-0.4, -0.2) is 34.4 Å². The summed E-state index contributed by atoms with van der Waals surface area (Å²) in [6.45, 7) is 1.10. The molecular weight excluding hydrogens is 240 g/mol. The lowest BCUT2D eigenvalue weighted by molar-refractivity contribution is 0.0944. The zero-order valence-electron chi connectivity index (χ0n) is 8.80. The molecular formula is C11H8N2O3S. The number of hydrogen-bond donors (Lipinski definition) is 0. The summed E-state index contributed by atoms with van der Waals surface area (Å²) in [4.78, 5) is 16.2. The minimum atomic E-state index is 0.0733. The Bertz CT molecular complexity index is 650. The summed E-state index contributed by atoms with van der Waals surface area (Å²) in [5.74, 6) is 1.94. The number of nitrogens with zero attached hydrogens (tertiary/aromatic N) is 2. The van der Waals surface area contributed by atoms with Crippen molar-refractivity contribution in [3.8, 4) is 11.5 Å². The largest absolute Gasteiger partial charge is 0.486 e. The molecule has 0 saturated heterocycles. The molecule has 0 bridgehead atoms. The van der Waals surface area contributed by atoms with Crippen molar-refractivity contribution < 1.29 is 14.3 Å². The maximum atomic E-state index is 11.7. The molecule has 0 saturated carbocycles. The second-order valence-electron chi connectivity index (χ2n) is 3.90. The van der Waals surface area contributed by atoms with E-state index in [1.807, 2.05) is 12.1 Å². The maximum absolute atomic E-state index is 11.7. The van der Waals surface area contributed by atoms with Crippen LogP contribution in [0.2, 0.25) is 0 Å². The van der Waals surface area contributed by atoms with Crippen LogP contribution in [0.15, 0.2) is 17.3 Å². The van der Waals surface area contributed by atoms with Gasteiger partial charge in [0.25, 0.3) is 0 Å². The van der Waals surface area contributed by atoms with Crippen LogP contribution in [0.5, 0.6) is 11.5 Å². The fourth-order valence-electron chi connectivity index (χ4n) is 2.12. The molecule has 0 unspecified atom stereocenters. The van der Waals surface area contributed by atoms with Crippen molar-refractivity contribution in [1.29, 1.82) is 0 Å². The van der Waals surface area contributed by atoms with Crippen molar-refractivity contribution in [2.24, 2.45) is 0 Å². The van der Waals surface area contributed by atoms with Crippen LogP contribution in [0.3, 0.4) is 0 Å². The number of hydrogen-bond acceptors (Lipinski definition) is 5. The lowest BCUT2D eigenvalue weighted by atomic mass is 10.2. The third-order valence-corrected chi connectivity index (χ3v) is 3.79. The molecule has 1 aromatic carbocycles. The minimum Gasteiger partial charge on any atom is -0.486 e.